The van der Waals surface area contributed by atoms with Crippen LogP contribution in [0.25, 0.3) is 0 Å². The van der Waals surface area contributed by atoms with Crippen molar-refractivity contribution >= 4 is 29.1 Å². The number of benzene rings is 2. The van der Waals surface area contributed by atoms with E-state index in [0.717, 1.165) is 11.0 Å². The molecule has 4 rings (SSSR count). The molecule has 1 atom stereocenters. The number of nitrogens with zero attached hydrogens (tertiary/aromatic N) is 5. The molecule has 2 aromatic carbocycles. The minimum absolute atomic E-state index is 0.0233. The number of rotatable bonds is 6. The number of aromatic nitrogens is 1. The fourth-order valence-electron chi connectivity index (χ4n) is 3.75. The number of hydrogen-bond acceptors (Lipinski definition) is 7. The lowest BCUT2D eigenvalue weighted by Crippen LogP contribution is -2.45. The number of nitro groups is 1. The van der Waals surface area contributed by atoms with Crippen LogP contribution in [-0.2, 0) is 16.1 Å². The molecule has 1 unspecified atom stereocenters. The lowest BCUT2D eigenvalue weighted by Gasteiger charge is -2.27. The monoisotopic (exact) mass is 455 g/mol. The highest BCUT2D eigenvalue weighted by Gasteiger charge is 2.44. The Kier molecular flexibility index (Phi) is 6.09. The molecule has 3 amide bonds. The maximum absolute atomic E-state index is 13.5. The van der Waals surface area contributed by atoms with Crippen molar-refractivity contribution in [1.29, 1.82) is 5.26 Å². The third-order valence-corrected chi connectivity index (χ3v) is 5.39. The van der Waals surface area contributed by atoms with E-state index in [9.17, 15) is 24.5 Å². The van der Waals surface area contributed by atoms with E-state index < -0.39 is 28.7 Å². The topological polar surface area (TPSA) is 138 Å². The number of non-ortho nitro benzene ring substituents is 1. The van der Waals surface area contributed by atoms with Crippen LogP contribution >= 0.6 is 0 Å². The molecule has 2 heterocycles. The summed E-state index contributed by atoms with van der Waals surface area (Å²) in [4.78, 5) is 56.4. The van der Waals surface area contributed by atoms with Crippen LogP contribution < -0.4 is 4.90 Å². The number of pyridine rings is 1. The molecule has 0 spiro atoms. The zero-order valence-corrected chi connectivity index (χ0v) is 17.7. The van der Waals surface area contributed by atoms with E-state index in [-0.39, 0.29) is 24.2 Å². The summed E-state index contributed by atoms with van der Waals surface area (Å²) in [5.41, 5.74) is 1.05. The van der Waals surface area contributed by atoms with Gasteiger partial charge in [-0.15, -0.1) is 0 Å². The standard InChI is InChI=1S/C24H17N5O5/c25-13-16-6-8-19(9-7-16)28-22(30)12-21(24(28)32)27(15-17-3-2-10-26-14-17)23(31)18-4-1-5-20(11-18)29(33)34/h1-11,14,21H,12,15H2. The van der Waals surface area contributed by atoms with Crippen LogP contribution in [0.2, 0.25) is 0 Å². The van der Waals surface area contributed by atoms with Crippen molar-refractivity contribution in [3.05, 3.63) is 99.9 Å². The third-order valence-electron chi connectivity index (χ3n) is 5.39. The number of nitriles is 1. The second-order valence-corrected chi connectivity index (χ2v) is 7.55. The predicted molar refractivity (Wildman–Crippen MR) is 119 cm³/mol. The van der Waals surface area contributed by atoms with Crippen molar-refractivity contribution in [3.63, 3.8) is 0 Å². The summed E-state index contributed by atoms with van der Waals surface area (Å²) in [7, 11) is 0. The number of nitro benzene ring substituents is 1. The molecule has 168 valence electrons. The van der Waals surface area contributed by atoms with Crippen LogP contribution in [-0.4, -0.2) is 38.6 Å². The van der Waals surface area contributed by atoms with Crippen LogP contribution in [0.5, 0.6) is 0 Å². The molecule has 34 heavy (non-hydrogen) atoms. The summed E-state index contributed by atoms with van der Waals surface area (Å²) in [6.07, 6.45) is 2.85. The Morgan fingerprint density at radius 3 is 2.59 bits per heavy atom. The molecule has 1 saturated heterocycles. The Labute approximate surface area is 193 Å². The normalized spacial score (nSPS) is 15.1. The zero-order chi connectivity index (χ0) is 24.2. The first-order valence-corrected chi connectivity index (χ1v) is 10.2. The van der Waals surface area contributed by atoms with Gasteiger partial charge in [0.1, 0.15) is 6.04 Å². The number of anilines is 1. The first-order chi connectivity index (χ1) is 16.4. The summed E-state index contributed by atoms with van der Waals surface area (Å²) >= 11 is 0. The highest BCUT2D eigenvalue weighted by molar-refractivity contribution is 6.23. The molecule has 1 fully saturated rings. The summed E-state index contributed by atoms with van der Waals surface area (Å²) in [6, 6.07) is 15.4. The molecule has 1 aliphatic heterocycles. The van der Waals surface area contributed by atoms with Gasteiger partial charge in [-0.1, -0.05) is 12.1 Å². The van der Waals surface area contributed by atoms with E-state index in [4.69, 9.17) is 5.26 Å². The van der Waals surface area contributed by atoms with Crippen molar-refractivity contribution in [1.82, 2.24) is 9.88 Å². The molecule has 0 aliphatic carbocycles. The molecule has 10 heteroatoms. The fraction of sp³-hybridized carbons (Fsp3) is 0.125. The SMILES string of the molecule is N#Cc1ccc(N2C(=O)CC(N(Cc3cccnc3)C(=O)c3cccc([N+](=O)[O-])c3)C2=O)cc1. The molecular weight excluding hydrogens is 438 g/mol. The van der Waals surface area contributed by atoms with Gasteiger partial charge < -0.3 is 4.90 Å². The Morgan fingerprint density at radius 1 is 1.18 bits per heavy atom. The Morgan fingerprint density at radius 2 is 1.94 bits per heavy atom. The minimum atomic E-state index is -1.12. The minimum Gasteiger partial charge on any atom is -0.322 e. The van der Waals surface area contributed by atoms with Gasteiger partial charge >= 0.3 is 0 Å². The first kappa shape index (κ1) is 22.3. The smallest absolute Gasteiger partial charge is 0.270 e. The van der Waals surface area contributed by atoms with Crippen LogP contribution in [0.3, 0.4) is 0 Å². The average molecular weight is 455 g/mol. The van der Waals surface area contributed by atoms with Crippen molar-refractivity contribution in [2.75, 3.05) is 4.90 Å². The van der Waals surface area contributed by atoms with Crippen LogP contribution in [0, 0.1) is 21.4 Å². The Hall–Kier alpha value is -4.91. The molecule has 1 aromatic heterocycles. The van der Waals surface area contributed by atoms with Gasteiger partial charge in [-0.25, -0.2) is 4.90 Å². The van der Waals surface area contributed by atoms with Gasteiger partial charge in [-0.3, -0.25) is 29.5 Å². The van der Waals surface area contributed by atoms with Gasteiger partial charge in [0.25, 0.3) is 17.5 Å². The van der Waals surface area contributed by atoms with Crippen molar-refractivity contribution in [3.8, 4) is 6.07 Å². The van der Waals surface area contributed by atoms with Gasteiger partial charge in [0.15, 0.2) is 0 Å². The van der Waals surface area contributed by atoms with Crippen LogP contribution in [0.4, 0.5) is 11.4 Å². The number of carbonyl (C=O) groups excluding carboxylic acids is 3. The summed E-state index contributed by atoms with van der Waals surface area (Å²) in [6.45, 7) is -0.0275. The van der Waals surface area contributed by atoms with Gasteiger partial charge in [-0.2, -0.15) is 5.26 Å². The Bertz CT molecular complexity index is 1320. The maximum atomic E-state index is 13.5. The fourth-order valence-corrected chi connectivity index (χ4v) is 3.75. The van der Waals surface area contributed by atoms with E-state index in [1.165, 1.54) is 53.6 Å². The van der Waals surface area contributed by atoms with Crippen molar-refractivity contribution in [2.24, 2.45) is 0 Å². The summed E-state index contributed by atoms with van der Waals surface area (Å²) < 4.78 is 0. The molecular formula is C24H17N5O5. The highest BCUT2D eigenvalue weighted by atomic mass is 16.6. The molecule has 0 N–H and O–H groups in total. The largest absolute Gasteiger partial charge is 0.322 e. The molecule has 0 bridgehead atoms. The van der Waals surface area contributed by atoms with Crippen LogP contribution in [0.15, 0.2) is 73.1 Å². The van der Waals surface area contributed by atoms with Crippen molar-refractivity contribution in [2.45, 2.75) is 19.0 Å². The summed E-state index contributed by atoms with van der Waals surface area (Å²) in [5.74, 6) is -1.72. The first-order valence-electron chi connectivity index (χ1n) is 10.2. The van der Waals surface area contributed by atoms with Crippen molar-refractivity contribution < 1.29 is 19.3 Å². The van der Waals surface area contributed by atoms with E-state index >= 15 is 0 Å². The molecule has 1 aliphatic rings. The van der Waals surface area contributed by atoms with Gasteiger partial charge in [-0.05, 0) is 42.0 Å². The zero-order valence-electron chi connectivity index (χ0n) is 17.7. The molecule has 3 aromatic rings. The maximum Gasteiger partial charge on any atom is 0.270 e. The number of amides is 3. The number of imide groups is 1. The predicted octanol–water partition coefficient (Wildman–Crippen LogP) is 2.84. The molecule has 0 saturated carbocycles. The average Bonchev–Trinajstić information content (AvgIpc) is 3.16. The van der Waals surface area contributed by atoms with E-state index in [0.29, 0.717) is 16.8 Å². The highest BCUT2D eigenvalue weighted by Crippen LogP contribution is 2.28. The Balaban J connectivity index is 1.70. The lowest BCUT2D eigenvalue weighted by molar-refractivity contribution is -0.384. The number of hydrogen-bond donors (Lipinski definition) is 0. The van der Waals surface area contributed by atoms with E-state index in [1.54, 1.807) is 18.3 Å². The molecule has 10 nitrogen and oxygen atoms in total. The molecule has 0 radical (unpaired) electrons. The van der Waals surface area contributed by atoms with Gasteiger partial charge in [0.05, 0.1) is 28.7 Å². The quantitative estimate of drug-likeness (QED) is 0.316. The second-order valence-electron chi connectivity index (χ2n) is 7.55. The van der Waals surface area contributed by atoms with E-state index in [1.807, 2.05) is 6.07 Å². The summed E-state index contributed by atoms with van der Waals surface area (Å²) in [5, 5.41) is 20.2. The van der Waals surface area contributed by atoms with E-state index in [2.05, 4.69) is 4.98 Å². The van der Waals surface area contributed by atoms with Gasteiger partial charge in [0, 0.05) is 36.6 Å². The number of carbonyl (C=O) groups is 3. The lowest BCUT2D eigenvalue weighted by atomic mass is 10.1. The van der Waals surface area contributed by atoms with Gasteiger partial charge in [0.2, 0.25) is 5.91 Å². The third kappa shape index (κ3) is 4.35. The van der Waals surface area contributed by atoms with Crippen LogP contribution in [0.1, 0.15) is 27.9 Å². The second kappa shape index (κ2) is 9.30.